The molecular weight excluding hydrogens is 256 g/mol. The van der Waals surface area contributed by atoms with E-state index >= 15 is 0 Å². The SMILES string of the molecule is CCc1cccc(C(O)c2snnc2C(C)(C)C)c1. The van der Waals surface area contributed by atoms with E-state index in [9.17, 15) is 5.11 Å². The van der Waals surface area contributed by atoms with Crippen LogP contribution in [0.15, 0.2) is 24.3 Å². The fourth-order valence-corrected chi connectivity index (χ4v) is 2.91. The highest BCUT2D eigenvalue weighted by molar-refractivity contribution is 7.05. The first-order valence-corrected chi connectivity index (χ1v) is 7.30. The van der Waals surface area contributed by atoms with Crippen molar-refractivity contribution in [1.82, 2.24) is 9.59 Å². The minimum absolute atomic E-state index is 0.105. The van der Waals surface area contributed by atoms with E-state index in [0.29, 0.717) is 0 Å². The van der Waals surface area contributed by atoms with E-state index < -0.39 is 6.10 Å². The summed E-state index contributed by atoms with van der Waals surface area (Å²) < 4.78 is 4.01. The Hall–Kier alpha value is -1.26. The summed E-state index contributed by atoms with van der Waals surface area (Å²) in [5.74, 6) is 0. The number of hydrogen-bond donors (Lipinski definition) is 1. The average molecular weight is 276 g/mol. The molecule has 2 rings (SSSR count). The summed E-state index contributed by atoms with van der Waals surface area (Å²) in [6.45, 7) is 8.37. The van der Waals surface area contributed by atoms with Crippen molar-refractivity contribution in [3.63, 3.8) is 0 Å². The van der Waals surface area contributed by atoms with Gasteiger partial charge < -0.3 is 5.11 Å². The number of nitrogens with zero attached hydrogens (tertiary/aromatic N) is 2. The van der Waals surface area contributed by atoms with Gasteiger partial charge in [-0.05, 0) is 29.1 Å². The number of benzene rings is 1. The Morgan fingerprint density at radius 3 is 2.68 bits per heavy atom. The molecule has 4 heteroatoms. The molecule has 2 aromatic rings. The minimum atomic E-state index is -0.638. The van der Waals surface area contributed by atoms with E-state index in [-0.39, 0.29) is 5.41 Å². The van der Waals surface area contributed by atoms with E-state index in [1.54, 1.807) is 0 Å². The maximum absolute atomic E-state index is 10.6. The summed E-state index contributed by atoms with van der Waals surface area (Å²) in [5.41, 5.74) is 2.92. The molecule has 1 N–H and O–H groups in total. The third-order valence-electron chi connectivity index (χ3n) is 3.15. The average Bonchev–Trinajstić information content (AvgIpc) is 2.87. The van der Waals surface area contributed by atoms with Crippen LogP contribution in [0.4, 0.5) is 0 Å². The summed E-state index contributed by atoms with van der Waals surface area (Å²) in [4.78, 5) is 0.848. The molecule has 0 radical (unpaired) electrons. The number of aryl methyl sites for hydroxylation is 1. The Morgan fingerprint density at radius 1 is 1.32 bits per heavy atom. The van der Waals surface area contributed by atoms with Crippen LogP contribution in [0.3, 0.4) is 0 Å². The highest BCUT2D eigenvalue weighted by Gasteiger charge is 2.27. The van der Waals surface area contributed by atoms with Gasteiger partial charge in [0.15, 0.2) is 0 Å². The van der Waals surface area contributed by atoms with Gasteiger partial charge in [0.2, 0.25) is 0 Å². The van der Waals surface area contributed by atoms with E-state index in [2.05, 4.69) is 49.4 Å². The number of rotatable bonds is 3. The van der Waals surface area contributed by atoms with E-state index in [1.165, 1.54) is 17.1 Å². The van der Waals surface area contributed by atoms with Crippen molar-refractivity contribution in [3.05, 3.63) is 46.0 Å². The lowest BCUT2D eigenvalue weighted by Crippen LogP contribution is -2.16. The number of aliphatic hydroxyl groups excluding tert-OH is 1. The summed E-state index contributed by atoms with van der Waals surface area (Å²) in [5, 5.41) is 14.8. The predicted octanol–water partition coefficient (Wildman–Crippen LogP) is 3.48. The standard InChI is InChI=1S/C15H20N2OS/c1-5-10-7-6-8-11(9-10)12(18)13-14(15(2,3)4)16-17-19-13/h6-9,12,18H,5H2,1-4H3. The van der Waals surface area contributed by atoms with Gasteiger partial charge in [0.1, 0.15) is 6.10 Å². The molecule has 0 aliphatic rings. The molecule has 1 aromatic heterocycles. The number of aromatic nitrogens is 2. The molecule has 0 aliphatic carbocycles. The van der Waals surface area contributed by atoms with Crippen LogP contribution in [-0.2, 0) is 11.8 Å². The van der Waals surface area contributed by atoms with Gasteiger partial charge >= 0.3 is 0 Å². The predicted molar refractivity (Wildman–Crippen MR) is 78.5 cm³/mol. The topological polar surface area (TPSA) is 46.0 Å². The van der Waals surface area contributed by atoms with Crippen molar-refractivity contribution < 1.29 is 5.11 Å². The second-order valence-corrected chi connectivity index (χ2v) is 6.52. The van der Waals surface area contributed by atoms with E-state index in [1.807, 2.05) is 12.1 Å². The monoisotopic (exact) mass is 276 g/mol. The molecule has 19 heavy (non-hydrogen) atoms. The highest BCUT2D eigenvalue weighted by Crippen LogP contribution is 2.33. The lowest BCUT2D eigenvalue weighted by atomic mass is 9.89. The molecule has 1 aromatic carbocycles. The Bertz CT molecular complexity index is 557. The molecule has 1 heterocycles. The van der Waals surface area contributed by atoms with Gasteiger partial charge in [-0.25, -0.2) is 0 Å². The zero-order chi connectivity index (χ0) is 14.0. The Morgan fingerprint density at radius 2 is 2.05 bits per heavy atom. The van der Waals surface area contributed by atoms with Gasteiger partial charge in [-0.15, -0.1) is 5.10 Å². The third kappa shape index (κ3) is 3.01. The maximum Gasteiger partial charge on any atom is 0.117 e. The molecule has 3 nitrogen and oxygen atoms in total. The summed E-state index contributed by atoms with van der Waals surface area (Å²) in [6.07, 6.45) is 0.328. The number of aliphatic hydroxyl groups is 1. The minimum Gasteiger partial charge on any atom is -0.383 e. The smallest absolute Gasteiger partial charge is 0.117 e. The van der Waals surface area contributed by atoms with Crippen molar-refractivity contribution >= 4 is 11.5 Å². The van der Waals surface area contributed by atoms with E-state index in [4.69, 9.17) is 0 Å². The number of hydrogen-bond acceptors (Lipinski definition) is 4. The molecule has 0 saturated heterocycles. The van der Waals surface area contributed by atoms with Gasteiger partial charge in [0.25, 0.3) is 0 Å². The van der Waals surface area contributed by atoms with Crippen LogP contribution in [0.25, 0.3) is 0 Å². The molecule has 0 saturated carbocycles. The fraction of sp³-hybridized carbons (Fsp3) is 0.467. The van der Waals surface area contributed by atoms with Crippen LogP contribution in [0.2, 0.25) is 0 Å². The molecule has 0 amide bonds. The second kappa shape index (κ2) is 5.39. The third-order valence-corrected chi connectivity index (χ3v) is 3.92. The van der Waals surface area contributed by atoms with Crippen molar-refractivity contribution in [2.75, 3.05) is 0 Å². The van der Waals surface area contributed by atoms with Crippen LogP contribution >= 0.6 is 11.5 Å². The highest BCUT2D eigenvalue weighted by atomic mass is 32.1. The molecule has 0 aliphatic heterocycles. The fourth-order valence-electron chi connectivity index (χ4n) is 2.03. The van der Waals surface area contributed by atoms with Crippen molar-refractivity contribution in [2.24, 2.45) is 0 Å². The van der Waals surface area contributed by atoms with Crippen LogP contribution in [0.5, 0.6) is 0 Å². The molecule has 1 atom stereocenters. The molecule has 0 fully saturated rings. The largest absolute Gasteiger partial charge is 0.383 e. The van der Waals surface area contributed by atoms with Gasteiger partial charge in [-0.1, -0.05) is 56.4 Å². The van der Waals surface area contributed by atoms with E-state index in [0.717, 1.165) is 22.6 Å². The van der Waals surface area contributed by atoms with Gasteiger partial charge in [0.05, 0.1) is 10.6 Å². The summed E-state index contributed by atoms with van der Waals surface area (Å²) >= 11 is 1.28. The lowest BCUT2D eigenvalue weighted by Gasteiger charge is -2.19. The van der Waals surface area contributed by atoms with Crippen molar-refractivity contribution in [3.8, 4) is 0 Å². The summed E-state index contributed by atoms with van der Waals surface area (Å²) in [6, 6.07) is 8.07. The Labute approximate surface area is 118 Å². The zero-order valence-electron chi connectivity index (χ0n) is 11.8. The van der Waals surface area contributed by atoms with Crippen molar-refractivity contribution in [2.45, 2.75) is 45.6 Å². The molecular formula is C15H20N2OS. The Kier molecular flexibility index (Phi) is 4.02. The van der Waals surface area contributed by atoms with Crippen LogP contribution in [0.1, 0.15) is 55.5 Å². The van der Waals surface area contributed by atoms with Gasteiger partial charge in [-0.2, -0.15) is 0 Å². The van der Waals surface area contributed by atoms with Crippen LogP contribution in [-0.4, -0.2) is 14.7 Å². The first-order chi connectivity index (χ1) is 8.93. The maximum atomic E-state index is 10.6. The van der Waals surface area contributed by atoms with Crippen molar-refractivity contribution in [1.29, 1.82) is 0 Å². The summed E-state index contributed by atoms with van der Waals surface area (Å²) in [7, 11) is 0. The van der Waals surface area contributed by atoms with Gasteiger partial charge in [-0.3, -0.25) is 0 Å². The Balaban J connectivity index is 2.39. The first-order valence-electron chi connectivity index (χ1n) is 6.53. The lowest BCUT2D eigenvalue weighted by molar-refractivity contribution is 0.221. The van der Waals surface area contributed by atoms with Crippen LogP contribution < -0.4 is 0 Å². The molecule has 1 unspecified atom stereocenters. The quantitative estimate of drug-likeness (QED) is 0.933. The molecule has 0 spiro atoms. The van der Waals surface area contributed by atoms with Gasteiger partial charge in [0, 0.05) is 5.41 Å². The molecule has 102 valence electrons. The van der Waals surface area contributed by atoms with Crippen LogP contribution in [0, 0.1) is 0 Å². The zero-order valence-corrected chi connectivity index (χ0v) is 12.7. The normalized spacial score (nSPS) is 13.5. The second-order valence-electron chi connectivity index (χ2n) is 5.74. The first kappa shape index (κ1) is 14.2. The molecule has 0 bridgehead atoms.